The monoisotopic (exact) mass is 226 g/mol. The highest BCUT2D eigenvalue weighted by Gasteiger charge is 2.06. The number of nitrogens with one attached hydrogen (secondary N) is 1. The fourth-order valence-corrected chi connectivity index (χ4v) is 1.29. The van der Waals surface area contributed by atoms with E-state index in [2.05, 4.69) is 5.32 Å². The van der Waals surface area contributed by atoms with Crippen molar-refractivity contribution in [2.75, 3.05) is 6.54 Å². The zero-order chi connectivity index (χ0) is 11.3. The van der Waals surface area contributed by atoms with Crippen molar-refractivity contribution in [2.45, 2.75) is 19.4 Å². The second-order valence-corrected chi connectivity index (χ2v) is 3.83. The minimum Gasteiger partial charge on any atom is -0.350 e. The second kappa shape index (κ2) is 5.73. The van der Waals surface area contributed by atoms with Crippen molar-refractivity contribution in [3.8, 4) is 0 Å². The highest BCUT2D eigenvalue weighted by molar-refractivity contribution is 6.30. The van der Waals surface area contributed by atoms with Crippen LogP contribution in [0.15, 0.2) is 24.3 Å². The summed E-state index contributed by atoms with van der Waals surface area (Å²) >= 11 is 5.77. The van der Waals surface area contributed by atoms with Crippen LogP contribution in [0, 0.1) is 0 Å². The summed E-state index contributed by atoms with van der Waals surface area (Å²) in [5, 5.41) is 3.31. The summed E-state index contributed by atoms with van der Waals surface area (Å²) in [5.74, 6) is -0.138. The van der Waals surface area contributed by atoms with Gasteiger partial charge in [0.2, 0.25) is 0 Å². The number of carbonyl (C=O) groups excluding carboxylic acids is 1. The Kier molecular flexibility index (Phi) is 4.59. The maximum Gasteiger partial charge on any atom is 0.251 e. The Morgan fingerprint density at radius 3 is 2.93 bits per heavy atom. The Balaban J connectivity index is 2.54. The summed E-state index contributed by atoms with van der Waals surface area (Å²) in [5.41, 5.74) is 6.25. The molecular weight excluding hydrogens is 212 g/mol. The quantitative estimate of drug-likeness (QED) is 0.823. The van der Waals surface area contributed by atoms with Crippen molar-refractivity contribution in [1.82, 2.24) is 5.32 Å². The number of carbonyl (C=O) groups is 1. The number of halogens is 1. The van der Waals surface area contributed by atoms with Crippen LogP contribution in [0.25, 0.3) is 0 Å². The number of rotatable bonds is 4. The maximum absolute atomic E-state index is 11.6. The molecule has 0 saturated carbocycles. The molecule has 4 heteroatoms. The predicted octanol–water partition coefficient (Wildman–Crippen LogP) is 1.81. The topological polar surface area (TPSA) is 55.1 Å². The molecule has 0 bridgehead atoms. The Labute approximate surface area is 94.6 Å². The zero-order valence-electron chi connectivity index (χ0n) is 8.66. The minimum absolute atomic E-state index is 0.00753. The molecule has 1 rings (SSSR count). The third kappa shape index (κ3) is 3.90. The van der Waals surface area contributed by atoms with Gasteiger partial charge in [0.25, 0.3) is 5.91 Å². The van der Waals surface area contributed by atoms with Crippen LogP contribution >= 0.6 is 11.6 Å². The van der Waals surface area contributed by atoms with Gasteiger partial charge in [0.05, 0.1) is 0 Å². The van der Waals surface area contributed by atoms with Gasteiger partial charge < -0.3 is 11.1 Å². The van der Waals surface area contributed by atoms with Crippen LogP contribution in [0.2, 0.25) is 5.02 Å². The first-order valence-electron chi connectivity index (χ1n) is 4.92. The van der Waals surface area contributed by atoms with Crippen LogP contribution in [0.1, 0.15) is 23.7 Å². The third-order valence-electron chi connectivity index (χ3n) is 2.14. The molecule has 3 nitrogen and oxygen atoms in total. The molecule has 3 N–H and O–H groups in total. The van der Waals surface area contributed by atoms with E-state index in [1.54, 1.807) is 24.3 Å². The van der Waals surface area contributed by atoms with Crippen molar-refractivity contribution in [1.29, 1.82) is 0 Å². The maximum atomic E-state index is 11.6. The van der Waals surface area contributed by atoms with Crippen LogP contribution in [0.3, 0.4) is 0 Å². The lowest BCUT2D eigenvalue weighted by molar-refractivity contribution is 0.0951. The van der Waals surface area contributed by atoms with E-state index in [9.17, 15) is 4.79 Å². The van der Waals surface area contributed by atoms with Gasteiger partial charge in [-0.1, -0.05) is 24.6 Å². The van der Waals surface area contributed by atoms with E-state index in [4.69, 9.17) is 17.3 Å². The van der Waals surface area contributed by atoms with Gasteiger partial charge in [0, 0.05) is 23.2 Å². The van der Waals surface area contributed by atoms with Gasteiger partial charge in [-0.3, -0.25) is 4.79 Å². The molecule has 0 spiro atoms. The molecule has 1 atom stereocenters. The van der Waals surface area contributed by atoms with Gasteiger partial charge in [-0.2, -0.15) is 0 Å². The smallest absolute Gasteiger partial charge is 0.251 e. The molecule has 82 valence electrons. The third-order valence-corrected chi connectivity index (χ3v) is 2.37. The van der Waals surface area contributed by atoms with Gasteiger partial charge in [-0.15, -0.1) is 0 Å². The van der Waals surface area contributed by atoms with Crippen molar-refractivity contribution >= 4 is 17.5 Å². The first kappa shape index (κ1) is 12.0. The summed E-state index contributed by atoms with van der Waals surface area (Å²) in [6.45, 7) is 2.47. The average molecular weight is 227 g/mol. The summed E-state index contributed by atoms with van der Waals surface area (Å²) in [7, 11) is 0. The Hall–Kier alpha value is -1.06. The molecule has 0 aromatic heterocycles. The van der Waals surface area contributed by atoms with E-state index in [0.717, 1.165) is 6.42 Å². The van der Waals surface area contributed by atoms with Gasteiger partial charge in [0.15, 0.2) is 0 Å². The lowest BCUT2D eigenvalue weighted by Gasteiger charge is -2.10. The number of hydrogen-bond acceptors (Lipinski definition) is 2. The second-order valence-electron chi connectivity index (χ2n) is 3.39. The van der Waals surface area contributed by atoms with E-state index >= 15 is 0 Å². The van der Waals surface area contributed by atoms with E-state index in [-0.39, 0.29) is 11.9 Å². The number of amides is 1. The summed E-state index contributed by atoms with van der Waals surface area (Å²) in [6.07, 6.45) is 0.843. The molecule has 1 amide bonds. The summed E-state index contributed by atoms with van der Waals surface area (Å²) in [4.78, 5) is 11.6. The van der Waals surface area contributed by atoms with Crippen LogP contribution < -0.4 is 11.1 Å². The van der Waals surface area contributed by atoms with Crippen molar-refractivity contribution < 1.29 is 4.79 Å². The minimum atomic E-state index is -0.138. The molecule has 0 aliphatic carbocycles. The molecule has 0 aliphatic rings. The molecule has 0 fully saturated rings. The molecule has 0 aliphatic heterocycles. The molecule has 0 heterocycles. The molecule has 0 saturated heterocycles. The molecule has 1 aromatic rings. The van der Waals surface area contributed by atoms with Gasteiger partial charge in [0.1, 0.15) is 0 Å². The molecule has 0 radical (unpaired) electrons. The molecular formula is C11H15ClN2O. The van der Waals surface area contributed by atoms with Crippen LogP contribution in [0.5, 0.6) is 0 Å². The Morgan fingerprint density at radius 2 is 2.33 bits per heavy atom. The Morgan fingerprint density at radius 1 is 1.60 bits per heavy atom. The normalized spacial score (nSPS) is 12.2. The average Bonchev–Trinajstić information content (AvgIpc) is 2.25. The summed E-state index contributed by atoms with van der Waals surface area (Å²) < 4.78 is 0. The largest absolute Gasteiger partial charge is 0.350 e. The number of hydrogen-bond donors (Lipinski definition) is 2. The van der Waals surface area contributed by atoms with Crippen molar-refractivity contribution in [3.05, 3.63) is 34.9 Å². The first-order valence-corrected chi connectivity index (χ1v) is 5.30. The highest BCUT2D eigenvalue weighted by Crippen LogP contribution is 2.10. The standard InChI is InChI=1S/C11H15ClN2O/c1-2-10(13)7-14-11(15)8-4-3-5-9(12)6-8/h3-6,10H,2,7,13H2,1H3,(H,14,15). The zero-order valence-corrected chi connectivity index (χ0v) is 9.42. The van der Waals surface area contributed by atoms with Gasteiger partial charge in [-0.05, 0) is 24.6 Å². The Bertz CT molecular complexity index is 341. The molecule has 15 heavy (non-hydrogen) atoms. The van der Waals surface area contributed by atoms with Gasteiger partial charge in [-0.25, -0.2) is 0 Å². The SMILES string of the molecule is CCC(N)CNC(=O)c1cccc(Cl)c1. The van der Waals surface area contributed by atoms with Crippen LogP contribution in [0.4, 0.5) is 0 Å². The van der Waals surface area contributed by atoms with E-state index in [1.807, 2.05) is 6.92 Å². The van der Waals surface area contributed by atoms with Crippen LogP contribution in [-0.4, -0.2) is 18.5 Å². The molecule has 1 unspecified atom stereocenters. The van der Waals surface area contributed by atoms with E-state index in [0.29, 0.717) is 17.1 Å². The van der Waals surface area contributed by atoms with Crippen molar-refractivity contribution in [3.63, 3.8) is 0 Å². The fourth-order valence-electron chi connectivity index (χ4n) is 1.10. The highest BCUT2D eigenvalue weighted by atomic mass is 35.5. The number of nitrogens with two attached hydrogens (primary N) is 1. The fraction of sp³-hybridized carbons (Fsp3) is 0.364. The first-order chi connectivity index (χ1) is 7.13. The van der Waals surface area contributed by atoms with Crippen molar-refractivity contribution in [2.24, 2.45) is 5.73 Å². The lowest BCUT2D eigenvalue weighted by Crippen LogP contribution is -2.36. The van der Waals surface area contributed by atoms with Crippen LogP contribution in [-0.2, 0) is 0 Å². The number of benzene rings is 1. The summed E-state index contributed by atoms with van der Waals surface area (Å²) in [6, 6.07) is 6.84. The lowest BCUT2D eigenvalue weighted by atomic mass is 10.2. The van der Waals surface area contributed by atoms with E-state index < -0.39 is 0 Å². The molecule has 1 aromatic carbocycles. The van der Waals surface area contributed by atoms with E-state index in [1.165, 1.54) is 0 Å². The predicted molar refractivity (Wildman–Crippen MR) is 62.1 cm³/mol. The van der Waals surface area contributed by atoms with Gasteiger partial charge >= 0.3 is 0 Å².